The van der Waals surface area contributed by atoms with Gasteiger partial charge in [0.2, 0.25) is 0 Å². The molecule has 5 heteroatoms. The molecule has 0 bridgehead atoms. The summed E-state index contributed by atoms with van der Waals surface area (Å²) in [6.07, 6.45) is 0. The number of nitrogens with one attached hydrogen (secondary N) is 1. The fourth-order valence-electron chi connectivity index (χ4n) is 3.13. The second kappa shape index (κ2) is 7.92. The number of hydrogen-bond acceptors (Lipinski definition) is 4. The molecule has 0 aliphatic heterocycles. The minimum atomic E-state index is -0.208. The monoisotopic (exact) mass is 396 g/mol. The highest BCUT2D eigenvalue weighted by Crippen LogP contribution is 2.31. The summed E-state index contributed by atoms with van der Waals surface area (Å²) in [5, 5.41) is 3.45. The van der Waals surface area contributed by atoms with E-state index < -0.39 is 0 Å². The standard InChI is InChI=1S/C23H28N2O2S/c1-14(2)18-9-8-17(11-15(18)3)27-13-21(26)25-22-24-19-10-7-16(23(4,5)6)12-20(19)28-22/h7-12,14H,13H2,1-6H3,(H,24,25,26). The SMILES string of the molecule is Cc1cc(OCC(=O)Nc2nc3ccc(C(C)(C)C)cc3s2)ccc1C(C)C. The van der Waals surface area contributed by atoms with Crippen LogP contribution in [-0.2, 0) is 10.2 Å². The molecule has 0 atom stereocenters. The second-order valence-corrected chi connectivity index (χ2v) is 9.49. The summed E-state index contributed by atoms with van der Waals surface area (Å²) in [6, 6.07) is 12.2. The van der Waals surface area contributed by atoms with Gasteiger partial charge in [-0.15, -0.1) is 0 Å². The van der Waals surface area contributed by atoms with E-state index in [-0.39, 0.29) is 17.9 Å². The Morgan fingerprint density at radius 1 is 1.18 bits per heavy atom. The number of ether oxygens (including phenoxy) is 1. The van der Waals surface area contributed by atoms with Gasteiger partial charge in [0.05, 0.1) is 10.2 Å². The third kappa shape index (κ3) is 4.71. The Morgan fingerprint density at radius 3 is 2.57 bits per heavy atom. The van der Waals surface area contributed by atoms with E-state index in [1.54, 1.807) is 0 Å². The van der Waals surface area contributed by atoms with Crippen molar-refractivity contribution in [1.82, 2.24) is 4.98 Å². The predicted octanol–water partition coefficient (Wildman–Crippen LogP) is 6.04. The third-order valence-electron chi connectivity index (χ3n) is 4.73. The zero-order valence-corrected chi connectivity index (χ0v) is 18.2. The molecule has 2 aromatic carbocycles. The van der Waals surface area contributed by atoms with Crippen LogP contribution >= 0.6 is 11.3 Å². The largest absolute Gasteiger partial charge is 0.484 e. The number of carbonyl (C=O) groups excluding carboxylic acids is 1. The lowest BCUT2D eigenvalue weighted by atomic mass is 9.87. The van der Waals surface area contributed by atoms with Crippen molar-refractivity contribution in [2.24, 2.45) is 0 Å². The number of amides is 1. The molecule has 0 saturated carbocycles. The average molecular weight is 397 g/mol. The van der Waals surface area contributed by atoms with E-state index in [1.165, 1.54) is 28.0 Å². The van der Waals surface area contributed by atoms with Gasteiger partial charge in [-0.3, -0.25) is 10.1 Å². The van der Waals surface area contributed by atoms with Crippen molar-refractivity contribution in [2.45, 2.75) is 52.9 Å². The van der Waals surface area contributed by atoms with Crippen molar-refractivity contribution >= 4 is 32.6 Å². The molecule has 0 radical (unpaired) electrons. The maximum absolute atomic E-state index is 12.3. The van der Waals surface area contributed by atoms with Gasteiger partial charge in [0.25, 0.3) is 5.91 Å². The average Bonchev–Trinajstić information content (AvgIpc) is 3.00. The molecule has 3 rings (SSSR count). The molecule has 1 N–H and O–H groups in total. The first-order valence-corrected chi connectivity index (χ1v) is 10.4. The smallest absolute Gasteiger partial charge is 0.264 e. The molecule has 3 aromatic rings. The molecule has 4 nitrogen and oxygen atoms in total. The molecule has 1 heterocycles. The summed E-state index contributed by atoms with van der Waals surface area (Å²) in [5.41, 5.74) is 4.70. The Bertz CT molecular complexity index is 999. The number of anilines is 1. The number of aryl methyl sites for hydroxylation is 1. The normalized spacial score (nSPS) is 11.8. The molecule has 148 valence electrons. The van der Waals surface area contributed by atoms with Crippen LogP contribution in [0.25, 0.3) is 10.2 Å². The molecule has 0 unspecified atom stereocenters. The van der Waals surface area contributed by atoms with Crippen molar-refractivity contribution in [2.75, 3.05) is 11.9 Å². The number of rotatable bonds is 5. The molecule has 0 fully saturated rings. The Balaban J connectivity index is 1.64. The van der Waals surface area contributed by atoms with E-state index in [0.29, 0.717) is 16.8 Å². The zero-order chi connectivity index (χ0) is 20.5. The van der Waals surface area contributed by atoms with Crippen LogP contribution in [0.5, 0.6) is 5.75 Å². The number of aromatic nitrogens is 1. The van der Waals surface area contributed by atoms with Gasteiger partial charge in [-0.05, 0) is 59.2 Å². The Morgan fingerprint density at radius 2 is 1.93 bits per heavy atom. The van der Waals surface area contributed by atoms with Crippen LogP contribution in [-0.4, -0.2) is 17.5 Å². The van der Waals surface area contributed by atoms with Crippen molar-refractivity contribution in [3.05, 3.63) is 53.1 Å². The summed E-state index contributed by atoms with van der Waals surface area (Å²) in [4.78, 5) is 16.8. The van der Waals surface area contributed by atoms with Gasteiger partial charge in [0.15, 0.2) is 11.7 Å². The highest BCUT2D eigenvalue weighted by atomic mass is 32.1. The van der Waals surface area contributed by atoms with Crippen LogP contribution in [0.15, 0.2) is 36.4 Å². The van der Waals surface area contributed by atoms with Crippen LogP contribution in [0.1, 0.15) is 57.2 Å². The van der Waals surface area contributed by atoms with Gasteiger partial charge >= 0.3 is 0 Å². The Kier molecular flexibility index (Phi) is 5.75. The molecule has 1 aromatic heterocycles. The summed E-state index contributed by atoms with van der Waals surface area (Å²) in [6.45, 7) is 12.9. The van der Waals surface area contributed by atoms with Gasteiger partial charge in [-0.1, -0.05) is 58.1 Å². The maximum atomic E-state index is 12.3. The van der Waals surface area contributed by atoms with Crippen LogP contribution in [0.4, 0.5) is 5.13 Å². The maximum Gasteiger partial charge on any atom is 0.264 e. The lowest BCUT2D eigenvalue weighted by Crippen LogP contribution is -2.20. The number of nitrogens with zero attached hydrogens (tertiary/aromatic N) is 1. The summed E-state index contributed by atoms with van der Waals surface area (Å²) < 4.78 is 6.73. The van der Waals surface area contributed by atoms with Gasteiger partial charge in [-0.2, -0.15) is 0 Å². The van der Waals surface area contributed by atoms with Crippen molar-refractivity contribution in [3.63, 3.8) is 0 Å². The molecule has 0 aliphatic carbocycles. The Labute approximate surface area is 171 Å². The lowest BCUT2D eigenvalue weighted by molar-refractivity contribution is -0.118. The van der Waals surface area contributed by atoms with Crippen LogP contribution in [0, 0.1) is 6.92 Å². The first-order chi connectivity index (χ1) is 13.1. The van der Waals surface area contributed by atoms with Crippen LogP contribution in [0.2, 0.25) is 0 Å². The molecule has 28 heavy (non-hydrogen) atoms. The van der Waals surface area contributed by atoms with Crippen molar-refractivity contribution in [3.8, 4) is 5.75 Å². The molecule has 1 amide bonds. The highest BCUT2D eigenvalue weighted by molar-refractivity contribution is 7.22. The molecular weight excluding hydrogens is 368 g/mol. The fourth-order valence-corrected chi connectivity index (χ4v) is 4.06. The molecular formula is C23H28N2O2S. The minimum absolute atomic E-state index is 0.0381. The van der Waals surface area contributed by atoms with E-state index in [1.807, 2.05) is 18.2 Å². The van der Waals surface area contributed by atoms with Crippen LogP contribution in [0.3, 0.4) is 0 Å². The lowest BCUT2D eigenvalue weighted by Gasteiger charge is -2.18. The predicted molar refractivity (Wildman–Crippen MR) is 118 cm³/mol. The van der Waals surface area contributed by atoms with Crippen molar-refractivity contribution in [1.29, 1.82) is 0 Å². The number of fused-ring (bicyclic) bond motifs is 1. The first-order valence-electron chi connectivity index (χ1n) is 9.58. The number of benzene rings is 2. The first kappa shape index (κ1) is 20.3. The Hall–Kier alpha value is -2.40. The number of carbonyl (C=O) groups is 1. The minimum Gasteiger partial charge on any atom is -0.484 e. The summed E-state index contributed by atoms with van der Waals surface area (Å²) in [7, 11) is 0. The quantitative estimate of drug-likeness (QED) is 0.572. The summed E-state index contributed by atoms with van der Waals surface area (Å²) in [5.74, 6) is 0.965. The van der Waals surface area contributed by atoms with E-state index >= 15 is 0 Å². The van der Waals surface area contributed by atoms with Crippen molar-refractivity contribution < 1.29 is 9.53 Å². The molecule has 0 spiro atoms. The third-order valence-corrected chi connectivity index (χ3v) is 5.67. The van der Waals surface area contributed by atoms with Gasteiger partial charge in [-0.25, -0.2) is 4.98 Å². The van der Waals surface area contributed by atoms with E-state index in [4.69, 9.17) is 4.74 Å². The van der Waals surface area contributed by atoms with E-state index in [2.05, 4.69) is 70.0 Å². The van der Waals surface area contributed by atoms with E-state index in [9.17, 15) is 4.79 Å². The summed E-state index contributed by atoms with van der Waals surface area (Å²) >= 11 is 1.49. The zero-order valence-electron chi connectivity index (χ0n) is 17.4. The topological polar surface area (TPSA) is 51.2 Å². The number of thiazole rings is 1. The van der Waals surface area contributed by atoms with Gasteiger partial charge < -0.3 is 4.74 Å². The fraction of sp³-hybridized carbons (Fsp3) is 0.391. The second-order valence-electron chi connectivity index (χ2n) is 8.46. The number of hydrogen-bond donors (Lipinski definition) is 1. The van der Waals surface area contributed by atoms with Gasteiger partial charge in [0.1, 0.15) is 5.75 Å². The highest BCUT2D eigenvalue weighted by Gasteiger charge is 2.16. The van der Waals surface area contributed by atoms with Crippen LogP contribution < -0.4 is 10.1 Å². The molecule has 0 aliphatic rings. The van der Waals surface area contributed by atoms with E-state index in [0.717, 1.165) is 10.2 Å². The van der Waals surface area contributed by atoms with Gasteiger partial charge in [0, 0.05) is 0 Å². The molecule has 0 saturated heterocycles.